The van der Waals surface area contributed by atoms with Crippen LogP contribution in [-0.4, -0.2) is 76.9 Å². The van der Waals surface area contributed by atoms with Gasteiger partial charge in [-0.05, 0) is 12.1 Å². The lowest BCUT2D eigenvalue weighted by Gasteiger charge is -2.32. The standard InChI is InChI=1S/C19H21N7O2/c27-17-12-21-18-19(26(17)4-3-25-5-7-28-8-6-25)23-16(11-20-18)13-1-2-15-14(9-13)10-22-24-15/h1-2,9-11H,3-8,12H2,(H,20,21)(H,22,24). The van der Waals surface area contributed by atoms with Gasteiger partial charge in [0, 0.05) is 37.1 Å². The van der Waals surface area contributed by atoms with E-state index in [2.05, 4.69) is 25.4 Å². The van der Waals surface area contributed by atoms with Crippen molar-refractivity contribution in [2.75, 3.05) is 56.2 Å². The van der Waals surface area contributed by atoms with Crippen molar-refractivity contribution < 1.29 is 9.53 Å². The third-order valence-electron chi connectivity index (χ3n) is 5.20. The predicted molar refractivity (Wildman–Crippen MR) is 105 cm³/mol. The highest BCUT2D eigenvalue weighted by Crippen LogP contribution is 2.29. The minimum absolute atomic E-state index is 0.0116. The first-order chi connectivity index (χ1) is 13.8. The highest BCUT2D eigenvalue weighted by Gasteiger charge is 2.27. The highest BCUT2D eigenvalue weighted by molar-refractivity contribution is 6.01. The molecule has 0 radical (unpaired) electrons. The molecule has 0 aliphatic carbocycles. The molecule has 1 aromatic carbocycles. The van der Waals surface area contributed by atoms with Crippen molar-refractivity contribution in [3.63, 3.8) is 0 Å². The summed E-state index contributed by atoms with van der Waals surface area (Å²) in [7, 11) is 0. The van der Waals surface area contributed by atoms with Crippen LogP contribution in [0.25, 0.3) is 22.2 Å². The molecule has 0 saturated carbocycles. The number of nitrogens with zero attached hydrogens (tertiary/aromatic N) is 5. The second-order valence-corrected chi connectivity index (χ2v) is 6.95. The van der Waals surface area contributed by atoms with Crippen LogP contribution in [0.2, 0.25) is 0 Å². The van der Waals surface area contributed by atoms with E-state index in [1.165, 1.54) is 0 Å². The van der Waals surface area contributed by atoms with Crippen molar-refractivity contribution >= 4 is 28.4 Å². The maximum atomic E-state index is 12.6. The van der Waals surface area contributed by atoms with Crippen LogP contribution in [0, 0.1) is 0 Å². The quantitative estimate of drug-likeness (QED) is 0.700. The van der Waals surface area contributed by atoms with E-state index in [0.717, 1.165) is 55.0 Å². The molecule has 144 valence electrons. The highest BCUT2D eigenvalue weighted by atomic mass is 16.5. The number of ether oxygens (including phenoxy) is 1. The zero-order chi connectivity index (χ0) is 18.9. The van der Waals surface area contributed by atoms with Crippen molar-refractivity contribution in [2.24, 2.45) is 0 Å². The number of aromatic amines is 1. The number of carbonyl (C=O) groups is 1. The molecule has 2 aromatic heterocycles. The van der Waals surface area contributed by atoms with Crippen molar-refractivity contribution in [1.82, 2.24) is 25.1 Å². The Labute approximate surface area is 161 Å². The lowest BCUT2D eigenvalue weighted by atomic mass is 10.1. The number of amides is 1. The molecular formula is C19H21N7O2. The molecule has 5 rings (SSSR count). The van der Waals surface area contributed by atoms with E-state index in [1.54, 1.807) is 17.3 Å². The number of benzene rings is 1. The Morgan fingerprint density at radius 3 is 2.93 bits per heavy atom. The number of morpholine rings is 1. The Kier molecular flexibility index (Phi) is 4.38. The normalized spacial score (nSPS) is 17.6. The number of carbonyl (C=O) groups excluding carboxylic acids is 1. The molecule has 2 aliphatic heterocycles. The molecule has 0 atom stereocenters. The summed E-state index contributed by atoms with van der Waals surface area (Å²) in [5, 5.41) is 11.1. The Bertz CT molecular complexity index is 1010. The van der Waals surface area contributed by atoms with E-state index in [-0.39, 0.29) is 12.5 Å². The van der Waals surface area contributed by atoms with Crippen molar-refractivity contribution in [3.8, 4) is 11.3 Å². The van der Waals surface area contributed by atoms with E-state index in [4.69, 9.17) is 9.72 Å². The van der Waals surface area contributed by atoms with Gasteiger partial charge < -0.3 is 10.1 Å². The fourth-order valence-corrected chi connectivity index (χ4v) is 3.60. The number of aromatic nitrogens is 4. The van der Waals surface area contributed by atoms with E-state index >= 15 is 0 Å². The first-order valence-corrected chi connectivity index (χ1v) is 9.43. The smallest absolute Gasteiger partial charge is 0.247 e. The Balaban J connectivity index is 1.43. The molecule has 0 bridgehead atoms. The van der Waals surface area contributed by atoms with Crippen LogP contribution in [0.5, 0.6) is 0 Å². The van der Waals surface area contributed by atoms with Gasteiger partial charge in [-0.2, -0.15) is 5.10 Å². The molecule has 2 N–H and O–H groups in total. The summed E-state index contributed by atoms with van der Waals surface area (Å²) < 4.78 is 5.40. The van der Waals surface area contributed by atoms with Gasteiger partial charge in [-0.1, -0.05) is 6.07 Å². The van der Waals surface area contributed by atoms with E-state index in [0.29, 0.717) is 18.2 Å². The van der Waals surface area contributed by atoms with Crippen LogP contribution in [0.15, 0.2) is 30.6 Å². The summed E-state index contributed by atoms with van der Waals surface area (Å²) in [5.41, 5.74) is 2.64. The molecule has 28 heavy (non-hydrogen) atoms. The lowest BCUT2D eigenvalue weighted by molar-refractivity contribution is -0.117. The fraction of sp³-hybridized carbons (Fsp3) is 0.368. The summed E-state index contributed by atoms with van der Waals surface area (Å²) in [6.45, 7) is 4.89. The summed E-state index contributed by atoms with van der Waals surface area (Å²) in [4.78, 5) is 25.9. The summed E-state index contributed by atoms with van der Waals surface area (Å²) >= 11 is 0. The SMILES string of the molecule is O=C1CNc2ncc(-c3ccc4[nH]ncc4c3)nc2N1CCN1CCOCC1. The van der Waals surface area contributed by atoms with Gasteiger partial charge in [0.15, 0.2) is 11.6 Å². The number of rotatable bonds is 4. The zero-order valence-electron chi connectivity index (χ0n) is 15.4. The topological polar surface area (TPSA) is 99.3 Å². The first kappa shape index (κ1) is 17.1. The third kappa shape index (κ3) is 3.19. The zero-order valence-corrected chi connectivity index (χ0v) is 15.4. The first-order valence-electron chi connectivity index (χ1n) is 9.43. The number of nitrogens with one attached hydrogen (secondary N) is 2. The molecule has 4 heterocycles. The van der Waals surface area contributed by atoms with E-state index in [9.17, 15) is 4.79 Å². The maximum Gasteiger partial charge on any atom is 0.247 e. The largest absolute Gasteiger partial charge is 0.379 e. The van der Waals surface area contributed by atoms with Crippen LogP contribution in [0.1, 0.15) is 0 Å². The molecule has 3 aromatic rings. The van der Waals surface area contributed by atoms with Crippen LogP contribution < -0.4 is 10.2 Å². The van der Waals surface area contributed by atoms with Gasteiger partial charge in [-0.3, -0.25) is 19.7 Å². The molecule has 1 fully saturated rings. The number of H-pyrrole nitrogens is 1. The molecule has 9 nitrogen and oxygen atoms in total. The van der Waals surface area contributed by atoms with Gasteiger partial charge in [0.05, 0.1) is 43.4 Å². The Morgan fingerprint density at radius 1 is 1.14 bits per heavy atom. The minimum atomic E-state index is 0.0116. The number of fused-ring (bicyclic) bond motifs is 2. The van der Waals surface area contributed by atoms with Gasteiger partial charge in [0.2, 0.25) is 5.91 Å². The van der Waals surface area contributed by atoms with Crippen LogP contribution in [0.3, 0.4) is 0 Å². The fourth-order valence-electron chi connectivity index (χ4n) is 3.60. The molecule has 9 heteroatoms. The van der Waals surface area contributed by atoms with Crippen molar-refractivity contribution in [1.29, 1.82) is 0 Å². The van der Waals surface area contributed by atoms with Gasteiger partial charge in [-0.15, -0.1) is 0 Å². The molecule has 0 spiro atoms. The van der Waals surface area contributed by atoms with Crippen molar-refractivity contribution in [3.05, 3.63) is 30.6 Å². The minimum Gasteiger partial charge on any atom is -0.379 e. The average Bonchev–Trinajstić information content (AvgIpc) is 3.21. The average molecular weight is 379 g/mol. The predicted octanol–water partition coefficient (Wildman–Crippen LogP) is 1.11. The van der Waals surface area contributed by atoms with Gasteiger partial charge >= 0.3 is 0 Å². The molecular weight excluding hydrogens is 358 g/mol. The van der Waals surface area contributed by atoms with Crippen molar-refractivity contribution in [2.45, 2.75) is 0 Å². The van der Waals surface area contributed by atoms with E-state index < -0.39 is 0 Å². The van der Waals surface area contributed by atoms with Gasteiger partial charge in [0.1, 0.15) is 0 Å². The van der Waals surface area contributed by atoms with Gasteiger partial charge in [0.25, 0.3) is 0 Å². The van der Waals surface area contributed by atoms with Gasteiger partial charge in [-0.25, -0.2) is 9.97 Å². The molecule has 1 amide bonds. The maximum absolute atomic E-state index is 12.6. The third-order valence-corrected chi connectivity index (χ3v) is 5.20. The summed E-state index contributed by atoms with van der Waals surface area (Å²) in [6.07, 6.45) is 3.52. The molecule has 1 saturated heterocycles. The molecule has 0 unspecified atom stereocenters. The lowest BCUT2D eigenvalue weighted by Crippen LogP contribution is -2.47. The monoisotopic (exact) mass is 379 g/mol. The number of anilines is 2. The molecule has 2 aliphatic rings. The van der Waals surface area contributed by atoms with Crippen LogP contribution >= 0.6 is 0 Å². The summed E-state index contributed by atoms with van der Waals surface area (Å²) in [6, 6.07) is 5.97. The van der Waals surface area contributed by atoms with Crippen LogP contribution in [0.4, 0.5) is 11.6 Å². The summed E-state index contributed by atoms with van der Waals surface area (Å²) in [5.74, 6) is 1.25. The van der Waals surface area contributed by atoms with Crippen LogP contribution in [-0.2, 0) is 9.53 Å². The van der Waals surface area contributed by atoms with E-state index in [1.807, 2.05) is 18.2 Å². The second kappa shape index (κ2) is 7.17. The number of hydrogen-bond donors (Lipinski definition) is 2. The Morgan fingerprint density at radius 2 is 2.04 bits per heavy atom. The second-order valence-electron chi connectivity index (χ2n) is 6.95. The Hall–Kier alpha value is -3.04. The number of hydrogen-bond acceptors (Lipinski definition) is 7.